The molecular weight excluding hydrogens is 332 g/mol. The van der Waals surface area contributed by atoms with Crippen LogP contribution < -0.4 is 9.88 Å². The monoisotopic (exact) mass is 342 g/mol. The minimum atomic E-state index is -4.03. The average molecular weight is 343 g/mol. The Labute approximate surface area is 131 Å². The predicted octanol–water partition coefficient (Wildman–Crippen LogP) is 2.57. The summed E-state index contributed by atoms with van der Waals surface area (Å²) in [6, 6.07) is 8.04. The van der Waals surface area contributed by atoms with E-state index in [0.717, 1.165) is 6.07 Å². The molecule has 0 spiro atoms. The number of hydrogen-bond donors (Lipinski definition) is 1. The zero-order valence-electron chi connectivity index (χ0n) is 11.3. The Hall–Kier alpha value is -2.16. The van der Waals surface area contributed by atoms with Gasteiger partial charge in [0.1, 0.15) is 5.75 Å². The number of nitrogens with zero attached hydrogens (tertiary/aromatic N) is 1. The van der Waals surface area contributed by atoms with Gasteiger partial charge < -0.3 is 4.74 Å². The summed E-state index contributed by atoms with van der Waals surface area (Å²) in [7, 11) is -2.64. The van der Waals surface area contributed by atoms with Gasteiger partial charge >= 0.3 is 0 Å². The summed E-state index contributed by atoms with van der Waals surface area (Å²) >= 11 is 6.03. The number of non-ortho nitro benzene ring substituents is 1. The average Bonchev–Trinajstić information content (AvgIpc) is 2.45. The Morgan fingerprint density at radius 2 is 1.82 bits per heavy atom. The largest absolute Gasteiger partial charge is 0.497 e. The molecule has 2 rings (SSSR count). The molecule has 2 aromatic rings. The predicted molar refractivity (Wildman–Crippen MR) is 81.5 cm³/mol. The Bertz CT molecular complexity index is 852. The number of halogens is 1. The van der Waals surface area contributed by atoms with Crippen LogP contribution in [0.2, 0.25) is 5.02 Å². The highest BCUT2D eigenvalue weighted by Crippen LogP contribution is 2.36. The molecule has 0 heterocycles. The van der Waals surface area contributed by atoms with Gasteiger partial charge in [-0.1, -0.05) is 11.6 Å². The maximum Gasteiger partial charge on any atom is 0.270 e. The van der Waals surface area contributed by atoms with E-state index in [9.17, 15) is 18.5 Å². The van der Waals surface area contributed by atoms with E-state index in [2.05, 4.69) is 0 Å². The van der Waals surface area contributed by atoms with Gasteiger partial charge in [0.25, 0.3) is 5.69 Å². The molecule has 0 radical (unpaired) electrons. The first kappa shape index (κ1) is 16.2. The van der Waals surface area contributed by atoms with Gasteiger partial charge in [-0.3, -0.25) is 10.1 Å². The quantitative estimate of drug-likeness (QED) is 0.677. The fourth-order valence-electron chi connectivity index (χ4n) is 1.92. The zero-order chi connectivity index (χ0) is 16.5. The van der Waals surface area contributed by atoms with Crippen LogP contribution in [-0.4, -0.2) is 20.5 Å². The smallest absolute Gasteiger partial charge is 0.270 e. The van der Waals surface area contributed by atoms with Gasteiger partial charge in [0, 0.05) is 29.3 Å². The van der Waals surface area contributed by atoms with Crippen LogP contribution in [0.3, 0.4) is 0 Å². The van der Waals surface area contributed by atoms with Crippen molar-refractivity contribution in [3.05, 3.63) is 51.5 Å². The second kappa shape index (κ2) is 5.91. The van der Waals surface area contributed by atoms with Gasteiger partial charge in [0.05, 0.1) is 22.0 Å². The number of ether oxygens (including phenoxy) is 1. The van der Waals surface area contributed by atoms with Gasteiger partial charge in [-0.25, -0.2) is 13.6 Å². The molecule has 0 unspecified atom stereocenters. The van der Waals surface area contributed by atoms with Crippen molar-refractivity contribution in [2.24, 2.45) is 5.14 Å². The molecule has 0 aliphatic heterocycles. The van der Waals surface area contributed by atoms with Crippen molar-refractivity contribution in [1.29, 1.82) is 0 Å². The highest BCUT2D eigenvalue weighted by Gasteiger charge is 2.19. The number of nitro groups is 1. The summed E-state index contributed by atoms with van der Waals surface area (Å²) in [6.45, 7) is 0. The SMILES string of the molecule is COc1ccc(-c2ccc([N+](=O)[O-])cc2Cl)c(S(N)(=O)=O)c1. The summed E-state index contributed by atoms with van der Waals surface area (Å²) in [6.07, 6.45) is 0. The fraction of sp³-hybridized carbons (Fsp3) is 0.0769. The standard InChI is InChI=1S/C13H11ClN2O5S/c1-21-9-3-5-11(13(7-9)22(15,19)20)10-4-2-8(16(17)18)6-12(10)14/h2-7H,1H3,(H2,15,19,20). The van der Waals surface area contributed by atoms with Crippen molar-refractivity contribution in [3.63, 3.8) is 0 Å². The molecule has 7 nitrogen and oxygen atoms in total. The lowest BCUT2D eigenvalue weighted by Gasteiger charge is -2.11. The van der Waals surface area contributed by atoms with Crippen molar-refractivity contribution in [3.8, 4) is 16.9 Å². The van der Waals surface area contributed by atoms with Gasteiger partial charge in [-0.15, -0.1) is 0 Å². The molecule has 0 aliphatic rings. The summed E-state index contributed by atoms with van der Waals surface area (Å²) in [4.78, 5) is 9.95. The van der Waals surface area contributed by atoms with Crippen molar-refractivity contribution >= 4 is 27.3 Å². The van der Waals surface area contributed by atoms with E-state index in [1.54, 1.807) is 6.07 Å². The van der Waals surface area contributed by atoms with Crippen LogP contribution in [0.25, 0.3) is 11.1 Å². The van der Waals surface area contributed by atoms with Crippen LogP contribution in [0, 0.1) is 10.1 Å². The molecule has 0 aromatic heterocycles. The number of benzene rings is 2. The summed E-state index contributed by atoms with van der Waals surface area (Å²) in [5.74, 6) is 0.311. The van der Waals surface area contributed by atoms with Crippen LogP contribution in [-0.2, 0) is 10.0 Å². The van der Waals surface area contributed by atoms with Crippen LogP contribution in [0.15, 0.2) is 41.3 Å². The first-order chi connectivity index (χ1) is 10.2. The third kappa shape index (κ3) is 3.19. The van der Waals surface area contributed by atoms with E-state index in [-0.39, 0.29) is 21.2 Å². The number of nitrogens with two attached hydrogens (primary N) is 1. The fourth-order valence-corrected chi connectivity index (χ4v) is 2.97. The Morgan fingerprint density at radius 3 is 2.32 bits per heavy atom. The zero-order valence-corrected chi connectivity index (χ0v) is 12.9. The second-order valence-electron chi connectivity index (χ2n) is 4.33. The summed E-state index contributed by atoms with van der Waals surface area (Å²) in [5.41, 5.74) is 0.363. The van der Waals surface area contributed by atoms with E-state index < -0.39 is 14.9 Å². The lowest BCUT2D eigenvalue weighted by molar-refractivity contribution is -0.384. The van der Waals surface area contributed by atoms with Crippen LogP contribution in [0.4, 0.5) is 5.69 Å². The third-order valence-corrected chi connectivity index (χ3v) is 4.21. The first-order valence-corrected chi connectivity index (χ1v) is 7.81. The van der Waals surface area contributed by atoms with Gasteiger partial charge in [-0.05, 0) is 18.2 Å². The minimum Gasteiger partial charge on any atom is -0.497 e. The number of primary sulfonamides is 1. The molecule has 116 valence electrons. The highest BCUT2D eigenvalue weighted by molar-refractivity contribution is 7.89. The third-order valence-electron chi connectivity index (χ3n) is 2.95. The Balaban J connectivity index is 2.70. The molecule has 2 aromatic carbocycles. The van der Waals surface area contributed by atoms with Crippen molar-refractivity contribution in [1.82, 2.24) is 0 Å². The van der Waals surface area contributed by atoms with E-state index in [0.29, 0.717) is 11.3 Å². The highest BCUT2D eigenvalue weighted by atomic mass is 35.5. The summed E-state index contributed by atoms with van der Waals surface area (Å²) < 4.78 is 28.5. The molecule has 22 heavy (non-hydrogen) atoms. The number of sulfonamides is 1. The number of hydrogen-bond acceptors (Lipinski definition) is 5. The van der Waals surface area contributed by atoms with E-state index in [1.807, 2.05) is 0 Å². The van der Waals surface area contributed by atoms with E-state index in [1.165, 1.54) is 31.4 Å². The lowest BCUT2D eigenvalue weighted by atomic mass is 10.0. The number of rotatable bonds is 4. The van der Waals surface area contributed by atoms with Crippen molar-refractivity contribution < 1.29 is 18.1 Å². The van der Waals surface area contributed by atoms with Crippen LogP contribution in [0.5, 0.6) is 5.75 Å². The van der Waals surface area contributed by atoms with Crippen LogP contribution in [0.1, 0.15) is 0 Å². The second-order valence-corrected chi connectivity index (χ2v) is 6.27. The maximum absolute atomic E-state index is 11.8. The molecule has 0 saturated carbocycles. The normalized spacial score (nSPS) is 11.2. The number of methoxy groups -OCH3 is 1. The van der Waals surface area contributed by atoms with Crippen molar-refractivity contribution in [2.75, 3.05) is 7.11 Å². The maximum atomic E-state index is 11.8. The summed E-state index contributed by atoms with van der Waals surface area (Å²) in [5, 5.41) is 16.0. The van der Waals surface area contributed by atoms with E-state index in [4.69, 9.17) is 21.5 Å². The number of nitro benzene ring substituents is 1. The van der Waals surface area contributed by atoms with Crippen molar-refractivity contribution in [2.45, 2.75) is 4.90 Å². The molecule has 0 fully saturated rings. The topological polar surface area (TPSA) is 113 Å². The van der Waals surface area contributed by atoms with Gasteiger partial charge in [-0.2, -0.15) is 0 Å². The molecule has 2 N–H and O–H groups in total. The molecule has 0 bridgehead atoms. The molecule has 0 saturated heterocycles. The molecule has 0 atom stereocenters. The Kier molecular flexibility index (Phi) is 4.36. The van der Waals surface area contributed by atoms with Gasteiger partial charge in [0.15, 0.2) is 0 Å². The Morgan fingerprint density at radius 1 is 1.18 bits per heavy atom. The molecule has 9 heteroatoms. The van der Waals surface area contributed by atoms with Gasteiger partial charge in [0.2, 0.25) is 10.0 Å². The molecular formula is C13H11ClN2O5S. The lowest BCUT2D eigenvalue weighted by Crippen LogP contribution is -2.13. The molecule has 0 aliphatic carbocycles. The minimum absolute atomic E-state index is 0.0456. The molecule has 0 amide bonds. The van der Waals surface area contributed by atoms with Crippen LogP contribution >= 0.6 is 11.6 Å². The van der Waals surface area contributed by atoms with E-state index >= 15 is 0 Å². The first-order valence-electron chi connectivity index (χ1n) is 5.89.